The lowest BCUT2D eigenvalue weighted by Gasteiger charge is -2.37. The summed E-state index contributed by atoms with van der Waals surface area (Å²) in [6.07, 6.45) is 3.86. The zero-order chi connectivity index (χ0) is 31.4. The van der Waals surface area contributed by atoms with Crippen LogP contribution in [0.5, 0.6) is 11.5 Å². The van der Waals surface area contributed by atoms with Crippen LogP contribution in [0.1, 0.15) is 41.8 Å². The molecule has 0 spiro atoms. The molecule has 1 atom stereocenters. The molecule has 0 aliphatic carbocycles. The third-order valence-electron chi connectivity index (χ3n) is 8.81. The lowest BCUT2D eigenvalue weighted by atomic mass is 9.76. The van der Waals surface area contributed by atoms with Crippen molar-refractivity contribution in [3.8, 4) is 22.6 Å². The van der Waals surface area contributed by atoms with Gasteiger partial charge in [0.25, 0.3) is 0 Å². The van der Waals surface area contributed by atoms with E-state index in [1.54, 1.807) is 14.2 Å². The number of ether oxygens (including phenoxy) is 2. The van der Waals surface area contributed by atoms with Crippen LogP contribution in [-0.2, 0) is 11.1 Å². The first-order valence-corrected chi connectivity index (χ1v) is 15.2. The molecule has 45 heavy (non-hydrogen) atoms. The first-order chi connectivity index (χ1) is 21.9. The SMILES string of the molecule is COc1ccc(-c2ccc(C(O)(c3cn(C(c4ccccc4)(c4ccccc4)c4ccccc4)cn3)C(C)C)cc2)cc1OC. The molecule has 0 bridgehead atoms. The van der Waals surface area contributed by atoms with Crippen molar-refractivity contribution in [3.63, 3.8) is 0 Å². The molecular weight excluding hydrogens is 556 g/mol. The zero-order valence-corrected chi connectivity index (χ0v) is 26.1. The predicted octanol–water partition coefficient (Wildman–Crippen LogP) is 8.30. The molecule has 5 aromatic carbocycles. The monoisotopic (exact) mass is 594 g/mol. The number of rotatable bonds is 10. The van der Waals surface area contributed by atoms with Crippen LogP contribution in [-0.4, -0.2) is 28.9 Å². The van der Waals surface area contributed by atoms with Crippen LogP contribution in [0.2, 0.25) is 0 Å². The maximum Gasteiger partial charge on any atom is 0.161 e. The Balaban J connectivity index is 1.48. The number of imidazole rings is 1. The number of hydrogen-bond acceptors (Lipinski definition) is 4. The number of hydrogen-bond donors (Lipinski definition) is 1. The van der Waals surface area contributed by atoms with Crippen molar-refractivity contribution in [1.82, 2.24) is 9.55 Å². The minimum absolute atomic E-state index is 0.160. The molecule has 0 aliphatic rings. The Bertz CT molecular complexity index is 1750. The Labute approximate surface area is 265 Å². The second-order valence-electron chi connectivity index (χ2n) is 11.5. The van der Waals surface area contributed by atoms with E-state index in [1.165, 1.54) is 0 Å². The van der Waals surface area contributed by atoms with Gasteiger partial charge in [0.15, 0.2) is 11.5 Å². The van der Waals surface area contributed by atoms with E-state index >= 15 is 0 Å². The highest BCUT2D eigenvalue weighted by atomic mass is 16.5. The van der Waals surface area contributed by atoms with Gasteiger partial charge < -0.3 is 19.1 Å². The van der Waals surface area contributed by atoms with Crippen molar-refractivity contribution in [1.29, 1.82) is 0 Å². The summed E-state index contributed by atoms with van der Waals surface area (Å²) in [5, 5.41) is 12.5. The summed E-state index contributed by atoms with van der Waals surface area (Å²) in [7, 11) is 3.26. The van der Waals surface area contributed by atoms with E-state index in [9.17, 15) is 5.11 Å². The number of nitrogens with zero attached hydrogens (tertiary/aromatic N) is 2. The molecule has 1 heterocycles. The van der Waals surface area contributed by atoms with Crippen molar-refractivity contribution < 1.29 is 14.6 Å². The smallest absolute Gasteiger partial charge is 0.161 e. The summed E-state index contributed by atoms with van der Waals surface area (Å²) >= 11 is 0. The van der Waals surface area contributed by atoms with Crippen molar-refractivity contribution in [2.75, 3.05) is 14.2 Å². The van der Waals surface area contributed by atoms with E-state index in [0.717, 1.165) is 33.4 Å². The quantitative estimate of drug-likeness (QED) is 0.162. The number of benzene rings is 5. The fraction of sp³-hybridized carbons (Fsp3) is 0.175. The molecule has 6 aromatic rings. The van der Waals surface area contributed by atoms with Crippen LogP contribution in [0, 0.1) is 5.92 Å². The Morgan fingerprint density at radius 3 is 1.56 bits per heavy atom. The lowest BCUT2D eigenvalue weighted by Crippen LogP contribution is -2.37. The van der Waals surface area contributed by atoms with Crippen LogP contribution < -0.4 is 9.47 Å². The summed E-state index contributed by atoms with van der Waals surface area (Å²) in [6, 6.07) is 45.3. The lowest BCUT2D eigenvalue weighted by molar-refractivity contribution is 0.0278. The molecule has 1 aromatic heterocycles. The second-order valence-corrected chi connectivity index (χ2v) is 11.5. The summed E-state index contributed by atoms with van der Waals surface area (Å²) in [5.41, 5.74) is 4.60. The molecule has 1 N–H and O–H groups in total. The molecule has 1 unspecified atom stereocenters. The molecule has 0 aliphatic heterocycles. The Morgan fingerprint density at radius 1 is 0.600 bits per heavy atom. The summed E-state index contributed by atoms with van der Waals surface area (Å²) in [4.78, 5) is 4.93. The topological polar surface area (TPSA) is 56.5 Å². The number of aliphatic hydroxyl groups is 1. The zero-order valence-electron chi connectivity index (χ0n) is 26.1. The van der Waals surface area contributed by atoms with Crippen molar-refractivity contribution in [3.05, 3.63) is 174 Å². The third-order valence-corrected chi connectivity index (χ3v) is 8.81. The Hall–Kier alpha value is -5.13. The largest absolute Gasteiger partial charge is 0.493 e. The molecule has 0 radical (unpaired) electrons. The first kappa shape index (κ1) is 29.9. The van der Waals surface area contributed by atoms with Gasteiger partial charge in [-0.05, 0) is 51.4 Å². The molecule has 0 saturated carbocycles. The van der Waals surface area contributed by atoms with Gasteiger partial charge in [0.1, 0.15) is 11.1 Å². The molecule has 6 rings (SSSR count). The highest BCUT2D eigenvalue weighted by Crippen LogP contribution is 2.43. The van der Waals surface area contributed by atoms with Crippen molar-refractivity contribution in [2.24, 2.45) is 5.92 Å². The molecule has 0 amide bonds. The molecule has 5 heteroatoms. The summed E-state index contributed by atoms with van der Waals surface area (Å²) in [5.74, 6) is 1.19. The molecule has 5 nitrogen and oxygen atoms in total. The standard InChI is InChI=1S/C40H38N2O3/c1-29(2)40(43,35-23-20-30(21-24-35)31-22-25-36(44-3)37(26-31)45-4)38-27-42(28-41-38)39(32-14-8-5-9-15-32,33-16-10-6-11-17-33)34-18-12-7-13-19-34/h5-29,43H,1-4H3. The van der Waals surface area contributed by atoms with Gasteiger partial charge in [-0.1, -0.05) is 135 Å². The molecule has 226 valence electrons. The predicted molar refractivity (Wildman–Crippen MR) is 180 cm³/mol. The Morgan fingerprint density at radius 2 is 1.09 bits per heavy atom. The van der Waals surface area contributed by atoms with Gasteiger partial charge in [-0.3, -0.25) is 0 Å². The first-order valence-electron chi connectivity index (χ1n) is 15.2. The maximum absolute atomic E-state index is 12.5. The molecule has 0 fully saturated rings. The van der Waals surface area contributed by atoms with Gasteiger partial charge in [-0.15, -0.1) is 0 Å². The van der Waals surface area contributed by atoms with E-state index < -0.39 is 11.1 Å². The number of aromatic nitrogens is 2. The van der Waals surface area contributed by atoms with E-state index in [0.29, 0.717) is 17.2 Å². The second kappa shape index (κ2) is 12.5. The average molecular weight is 595 g/mol. The Kier molecular flexibility index (Phi) is 8.29. The molecule has 0 saturated heterocycles. The molecular formula is C40H38N2O3. The van der Waals surface area contributed by atoms with Crippen LogP contribution in [0.25, 0.3) is 11.1 Å². The minimum atomic E-state index is -1.34. The van der Waals surface area contributed by atoms with E-state index in [4.69, 9.17) is 14.5 Å². The third kappa shape index (κ3) is 5.19. The maximum atomic E-state index is 12.5. The normalized spacial score (nSPS) is 12.9. The summed E-state index contributed by atoms with van der Waals surface area (Å²) in [6.45, 7) is 4.06. The van der Waals surface area contributed by atoms with Gasteiger partial charge in [0.2, 0.25) is 0 Å². The highest BCUT2D eigenvalue weighted by molar-refractivity contribution is 5.67. The minimum Gasteiger partial charge on any atom is -0.493 e. The van der Waals surface area contributed by atoms with E-state index in [1.807, 2.05) is 87.0 Å². The highest BCUT2D eigenvalue weighted by Gasteiger charge is 2.42. The van der Waals surface area contributed by atoms with Gasteiger partial charge in [0, 0.05) is 6.20 Å². The van der Waals surface area contributed by atoms with Gasteiger partial charge in [-0.25, -0.2) is 4.98 Å². The van der Waals surface area contributed by atoms with E-state index in [2.05, 4.69) is 77.4 Å². The number of methoxy groups -OCH3 is 2. The fourth-order valence-corrected chi connectivity index (χ4v) is 6.40. The van der Waals surface area contributed by atoms with Gasteiger partial charge in [-0.2, -0.15) is 0 Å². The van der Waals surface area contributed by atoms with Crippen LogP contribution in [0.15, 0.2) is 146 Å². The fourth-order valence-electron chi connectivity index (χ4n) is 6.40. The van der Waals surface area contributed by atoms with Crippen molar-refractivity contribution >= 4 is 0 Å². The average Bonchev–Trinajstić information content (AvgIpc) is 3.60. The van der Waals surface area contributed by atoms with Crippen LogP contribution >= 0.6 is 0 Å². The van der Waals surface area contributed by atoms with Gasteiger partial charge in [0.05, 0.1) is 26.2 Å². The van der Waals surface area contributed by atoms with Gasteiger partial charge >= 0.3 is 0 Å². The summed E-state index contributed by atoms with van der Waals surface area (Å²) < 4.78 is 13.1. The van der Waals surface area contributed by atoms with Crippen molar-refractivity contribution in [2.45, 2.75) is 25.0 Å². The van der Waals surface area contributed by atoms with E-state index in [-0.39, 0.29) is 5.92 Å². The van der Waals surface area contributed by atoms with Crippen LogP contribution in [0.4, 0.5) is 0 Å². The van der Waals surface area contributed by atoms with Crippen LogP contribution in [0.3, 0.4) is 0 Å².